The Bertz CT molecular complexity index is 654. The molecular formula is C14H16ClN3O. The third kappa shape index (κ3) is 2.10. The number of Topliss-reactive ketones (excluding diaryl/α,β-unsaturated/α-hetero) is 1. The Balaban J connectivity index is 1.94. The van der Waals surface area contributed by atoms with Gasteiger partial charge in [-0.15, -0.1) is 0 Å². The van der Waals surface area contributed by atoms with Crippen LogP contribution in [0, 0.1) is 6.92 Å². The van der Waals surface area contributed by atoms with Gasteiger partial charge < -0.3 is 4.57 Å². The summed E-state index contributed by atoms with van der Waals surface area (Å²) < 4.78 is 3.73. The van der Waals surface area contributed by atoms with Crippen molar-refractivity contribution in [2.75, 3.05) is 0 Å². The summed E-state index contributed by atoms with van der Waals surface area (Å²) in [6.07, 6.45) is 6.63. The van der Waals surface area contributed by atoms with E-state index in [9.17, 15) is 4.79 Å². The van der Waals surface area contributed by atoms with E-state index in [2.05, 4.69) is 11.3 Å². The fourth-order valence-corrected chi connectivity index (χ4v) is 2.94. The number of aromatic nitrogens is 3. The molecule has 5 heteroatoms. The Morgan fingerprint density at radius 1 is 1.37 bits per heavy atom. The molecule has 19 heavy (non-hydrogen) atoms. The van der Waals surface area contributed by atoms with E-state index in [1.54, 1.807) is 4.68 Å². The first-order valence-corrected chi connectivity index (χ1v) is 6.84. The van der Waals surface area contributed by atoms with E-state index in [1.807, 2.05) is 24.7 Å². The predicted molar refractivity (Wildman–Crippen MR) is 73.8 cm³/mol. The zero-order chi connectivity index (χ0) is 13.6. The zero-order valence-corrected chi connectivity index (χ0v) is 11.9. The molecule has 0 N–H and O–H groups in total. The highest BCUT2D eigenvalue weighted by Gasteiger charge is 2.20. The molecular weight excluding hydrogens is 262 g/mol. The summed E-state index contributed by atoms with van der Waals surface area (Å²) in [5, 5.41) is 4.97. The Morgan fingerprint density at radius 3 is 2.79 bits per heavy atom. The molecule has 0 bridgehead atoms. The fourth-order valence-electron chi connectivity index (χ4n) is 2.71. The number of aryl methyl sites for hydroxylation is 3. The van der Waals surface area contributed by atoms with Gasteiger partial charge in [-0.25, -0.2) is 0 Å². The molecule has 2 heterocycles. The molecule has 100 valence electrons. The van der Waals surface area contributed by atoms with Crippen LogP contribution in [-0.2, 0) is 20.0 Å². The van der Waals surface area contributed by atoms with Gasteiger partial charge in [-0.3, -0.25) is 9.48 Å². The summed E-state index contributed by atoms with van der Waals surface area (Å²) in [6, 6.07) is 0. The average molecular weight is 278 g/mol. The van der Waals surface area contributed by atoms with Crippen molar-refractivity contribution in [1.82, 2.24) is 14.3 Å². The molecule has 4 nitrogen and oxygen atoms in total. The molecule has 1 aliphatic rings. The van der Waals surface area contributed by atoms with Crippen molar-refractivity contribution in [2.45, 2.75) is 32.7 Å². The minimum absolute atomic E-state index is 0.258. The SMILES string of the molecule is Cc1nn(C)c(Cl)c1Cn1cc2c(c1)C(=O)CCC2. The highest BCUT2D eigenvalue weighted by molar-refractivity contribution is 6.30. The van der Waals surface area contributed by atoms with Crippen LogP contribution in [0.25, 0.3) is 0 Å². The standard InChI is InChI=1S/C14H16ClN3O/c1-9-11(14(15)17(2)16-9)7-18-6-10-4-3-5-13(19)12(10)8-18/h6,8H,3-5,7H2,1-2H3. The summed E-state index contributed by atoms with van der Waals surface area (Å²) in [4.78, 5) is 11.8. The Hall–Kier alpha value is -1.55. The van der Waals surface area contributed by atoms with Gasteiger partial charge in [0.1, 0.15) is 5.15 Å². The third-order valence-electron chi connectivity index (χ3n) is 3.72. The van der Waals surface area contributed by atoms with Gasteiger partial charge in [-0.2, -0.15) is 5.10 Å². The van der Waals surface area contributed by atoms with E-state index >= 15 is 0 Å². The first-order chi connectivity index (χ1) is 9.06. The van der Waals surface area contributed by atoms with Crippen LogP contribution >= 0.6 is 11.6 Å². The smallest absolute Gasteiger partial charge is 0.164 e. The average Bonchev–Trinajstić information content (AvgIpc) is 2.88. The summed E-state index contributed by atoms with van der Waals surface area (Å²) in [7, 11) is 1.84. The van der Waals surface area contributed by atoms with Crippen LogP contribution < -0.4 is 0 Å². The molecule has 0 atom stereocenters. The van der Waals surface area contributed by atoms with Crippen LogP contribution in [0.2, 0.25) is 5.15 Å². The number of fused-ring (bicyclic) bond motifs is 1. The lowest BCUT2D eigenvalue weighted by Crippen LogP contribution is -2.07. The van der Waals surface area contributed by atoms with E-state index in [1.165, 1.54) is 0 Å². The summed E-state index contributed by atoms with van der Waals surface area (Å²) in [5.74, 6) is 0.258. The van der Waals surface area contributed by atoms with Crippen molar-refractivity contribution in [3.8, 4) is 0 Å². The normalized spacial score (nSPS) is 14.8. The number of nitrogens with zero attached hydrogens (tertiary/aromatic N) is 3. The molecule has 0 spiro atoms. The Kier molecular flexibility index (Phi) is 2.97. The third-order valence-corrected chi connectivity index (χ3v) is 4.20. The molecule has 0 saturated heterocycles. The van der Waals surface area contributed by atoms with Gasteiger partial charge in [0.25, 0.3) is 0 Å². The maximum atomic E-state index is 11.8. The lowest BCUT2D eigenvalue weighted by Gasteiger charge is -2.07. The van der Waals surface area contributed by atoms with Crippen LogP contribution in [0.15, 0.2) is 12.4 Å². The van der Waals surface area contributed by atoms with Crippen LogP contribution in [0.1, 0.15) is 40.0 Å². The maximum Gasteiger partial charge on any atom is 0.164 e. The van der Waals surface area contributed by atoms with Crippen molar-refractivity contribution in [3.05, 3.63) is 39.9 Å². The van der Waals surface area contributed by atoms with Crippen LogP contribution in [0.3, 0.4) is 0 Å². The van der Waals surface area contributed by atoms with Gasteiger partial charge in [0.15, 0.2) is 5.78 Å². The predicted octanol–water partition coefficient (Wildman–Crippen LogP) is 2.75. The van der Waals surface area contributed by atoms with E-state index < -0.39 is 0 Å². The zero-order valence-electron chi connectivity index (χ0n) is 11.1. The van der Waals surface area contributed by atoms with E-state index in [0.29, 0.717) is 18.1 Å². The Labute approximate surface area is 117 Å². The minimum Gasteiger partial charge on any atom is -0.349 e. The number of halogens is 1. The molecule has 0 aromatic carbocycles. The number of hydrogen-bond acceptors (Lipinski definition) is 2. The van der Waals surface area contributed by atoms with Crippen molar-refractivity contribution >= 4 is 17.4 Å². The fraction of sp³-hybridized carbons (Fsp3) is 0.429. The number of hydrogen-bond donors (Lipinski definition) is 0. The van der Waals surface area contributed by atoms with Gasteiger partial charge in [0.2, 0.25) is 0 Å². The molecule has 1 aliphatic carbocycles. The van der Waals surface area contributed by atoms with E-state index in [-0.39, 0.29) is 5.78 Å². The van der Waals surface area contributed by atoms with Gasteiger partial charge in [-0.05, 0) is 25.3 Å². The molecule has 3 rings (SSSR count). The van der Waals surface area contributed by atoms with Crippen molar-refractivity contribution in [2.24, 2.45) is 7.05 Å². The van der Waals surface area contributed by atoms with Crippen LogP contribution in [0.5, 0.6) is 0 Å². The Morgan fingerprint density at radius 2 is 2.16 bits per heavy atom. The second kappa shape index (κ2) is 4.53. The largest absolute Gasteiger partial charge is 0.349 e. The summed E-state index contributed by atoms with van der Waals surface area (Å²) >= 11 is 6.24. The van der Waals surface area contributed by atoms with Crippen LogP contribution in [0.4, 0.5) is 0 Å². The number of ketones is 1. The highest BCUT2D eigenvalue weighted by Crippen LogP contribution is 2.25. The lowest BCUT2D eigenvalue weighted by molar-refractivity contribution is 0.0973. The number of carbonyl (C=O) groups is 1. The molecule has 0 amide bonds. The minimum atomic E-state index is 0.258. The van der Waals surface area contributed by atoms with Gasteiger partial charge in [-0.1, -0.05) is 11.6 Å². The molecule has 0 unspecified atom stereocenters. The molecule has 2 aromatic heterocycles. The summed E-state index contributed by atoms with van der Waals surface area (Å²) in [6.45, 7) is 2.62. The van der Waals surface area contributed by atoms with Crippen molar-refractivity contribution in [3.63, 3.8) is 0 Å². The van der Waals surface area contributed by atoms with Crippen molar-refractivity contribution in [1.29, 1.82) is 0 Å². The number of rotatable bonds is 2. The maximum absolute atomic E-state index is 11.8. The molecule has 0 radical (unpaired) electrons. The molecule has 0 aliphatic heterocycles. The number of carbonyl (C=O) groups excluding carboxylic acids is 1. The van der Waals surface area contributed by atoms with E-state index in [4.69, 9.17) is 11.6 Å². The molecule has 2 aromatic rings. The first-order valence-electron chi connectivity index (χ1n) is 6.46. The van der Waals surface area contributed by atoms with E-state index in [0.717, 1.165) is 35.2 Å². The van der Waals surface area contributed by atoms with Gasteiger partial charge in [0.05, 0.1) is 12.2 Å². The second-order valence-corrected chi connectivity index (χ2v) is 5.48. The van der Waals surface area contributed by atoms with Gasteiger partial charge >= 0.3 is 0 Å². The van der Waals surface area contributed by atoms with Crippen LogP contribution in [-0.4, -0.2) is 20.1 Å². The van der Waals surface area contributed by atoms with Gasteiger partial charge in [0, 0.05) is 37.0 Å². The first kappa shape index (κ1) is 12.5. The second-order valence-electron chi connectivity index (χ2n) is 5.12. The quantitative estimate of drug-likeness (QED) is 0.847. The topological polar surface area (TPSA) is 39.8 Å². The molecule has 0 saturated carbocycles. The summed E-state index contributed by atoms with van der Waals surface area (Å²) in [5.41, 5.74) is 3.99. The highest BCUT2D eigenvalue weighted by atomic mass is 35.5. The lowest BCUT2D eigenvalue weighted by atomic mass is 9.95. The monoisotopic (exact) mass is 277 g/mol. The van der Waals surface area contributed by atoms with Crippen molar-refractivity contribution < 1.29 is 4.79 Å². The molecule has 0 fully saturated rings.